The lowest BCUT2D eigenvalue weighted by atomic mass is 10.2. The Kier molecular flexibility index (Phi) is 4.90. The smallest absolute Gasteiger partial charge is 0.335 e. The Morgan fingerprint density at radius 1 is 1.30 bits per heavy atom. The molecule has 0 saturated heterocycles. The first kappa shape index (κ1) is 16.6. The van der Waals surface area contributed by atoms with Crippen LogP contribution in [0.4, 0.5) is 0 Å². The van der Waals surface area contributed by atoms with Crippen molar-refractivity contribution in [2.45, 2.75) is 17.9 Å². The van der Waals surface area contributed by atoms with E-state index in [1.807, 2.05) is 0 Å². The molecule has 1 aromatic rings. The zero-order valence-corrected chi connectivity index (χ0v) is 12.5. The fraction of sp³-hybridized carbons (Fsp3) is 0.364. The number of hydrogen-bond acceptors (Lipinski definition) is 5. The maximum atomic E-state index is 12.0. The highest BCUT2D eigenvalue weighted by Crippen LogP contribution is 2.12. The van der Waals surface area contributed by atoms with Gasteiger partial charge in [-0.05, 0) is 25.1 Å². The molecule has 0 aliphatic rings. The number of carbonyl (C=O) groups is 1. The van der Waals surface area contributed by atoms with Crippen LogP contribution < -0.4 is 4.72 Å². The Hall–Kier alpha value is -1.45. The van der Waals surface area contributed by atoms with Crippen molar-refractivity contribution in [1.82, 2.24) is 4.72 Å². The maximum Gasteiger partial charge on any atom is 0.335 e. The molecule has 1 rings (SSSR count). The minimum absolute atomic E-state index is 0.163. The Morgan fingerprint density at radius 2 is 1.90 bits per heavy atom. The van der Waals surface area contributed by atoms with Gasteiger partial charge in [-0.3, -0.25) is 0 Å². The molecule has 0 bridgehead atoms. The molecule has 0 aliphatic heterocycles. The lowest BCUT2D eigenvalue weighted by Gasteiger charge is -2.13. The van der Waals surface area contributed by atoms with E-state index in [-0.39, 0.29) is 16.2 Å². The monoisotopic (exact) mass is 321 g/mol. The summed E-state index contributed by atoms with van der Waals surface area (Å²) in [7, 11) is -7.29. The van der Waals surface area contributed by atoms with Crippen molar-refractivity contribution in [1.29, 1.82) is 0 Å². The van der Waals surface area contributed by atoms with Crippen LogP contribution in [-0.2, 0) is 19.9 Å². The summed E-state index contributed by atoms with van der Waals surface area (Å²) in [5, 5.41) is 8.82. The van der Waals surface area contributed by atoms with Gasteiger partial charge in [0.2, 0.25) is 10.0 Å². The summed E-state index contributed by atoms with van der Waals surface area (Å²) >= 11 is 0. The van der Waals surface area contributed by atoms with Crippen LogP contribution in [-0.4, -0.2) is 46.0 Å². The topological polar surface area (TPSA) is 118 Å². The molecular weight excluding hydrogens is 306 g/mol. The summed E-state index contributed by atoms with van der Waals surface area (Å²) in [4.78, 5) is 10.6. The van der Waals surface area contributed by atoms with Crippen molar-refractivity contribution in [2.24, 2.45) is 0 Å². The van der Waals surface area contributed by atoms with Gasteiger partial charge in [-0.25, -0.2) is 26.4 Å². The average Bonchev–Trinajstić information content (AvgIpc) is 2.25. The van der Waals surface area contributed by atoms with E-state index in [0.717, 1.165) is 12.3 Å². The molecule has 0 spiro atoms. The van der Waals surface area contributed by atoms with E-state index < -0.39 is 31.9 Å². The Balaban J connectivity index is 3.00. The first-order valence-corrected chi connectivity index (χ1v) is 9.09. The van der Waals surface area contributed by atoms with Crippen molar-refractivity contribution in [3.8, 4) is 0 Å². The number of aromatic carboxylic acids is 1. The zero-order chi connectivity index (χ0) is 15.6. The third-order valence-electron chi connectivity index (χ3n) is 2.30. The fourth-order valence-electron chi connectivity index (χ4n) is 1.62. The van der Waals surface area contributed by atoms with Crippen LogP contribution in [0.25, 0.3) is 0 Å². The Labute approximate surface area is 117 Å². The Bertz CT molecular complexity index is 708. The molecule has 0 fully saturated rings. The van der Waals surface area contributed by atoms with Gasteiger partial charge in [0.15, 0.2) is 0 Å². The molecule has 1 aromatic carbocycles. The van der Waals surface area contributed by atoms with E-state index in [1.165, 1.54) is 25.1 Å². The van der Waals surface area contributed by atoms with Crippen LogP contribution >= 0.6 is 0 Å². The van der Waals surface area contributed by atoms with Gasteiger partial charge in [0, 0.05) is 12.3 Å². The standard InChI is InChI=1S/C11H15NO6S2/c1-8(7-19(2,15)16)12-20(17,18)10-5-3-4-9(6-10)11(13)14/h3-6,8,12H,7H2,1-2H3,(H,13,14). The van der Waals surface area contributed by atoms with Crippen LogP contribution in [0.3, 0.4) is 0 Å². The summed E-state index contributed by atoms with van der Waals surface area (Å²) in [6, 6.07) is 4.00. The molecule has 0 radical (unpaired) electrons. The molecule has 9 heteroatoms. The predicted molar refractivity (Wildman–Crippen MR) is 72.9 cm³/mol. The SMILES string of the molecule is CC(CS(C)(=O)=O)NS(=O)(=O)c1cccc(C(=O)O)c1. The highest BCUT2D eigenvalue weighted by molar-refractivity contribution is 7.91. The molecule has 7 nitrogen and oxygen atoms in total. The number of benzene rings is 1. The molecule has 0 heterocycles. The number of carboxylic acids is 1. The third kappa shape index (κ3) is 4.91. The van der Waals surface area contributed by atoms with Crippen LogP contribution in [0.2, 0.25) is 0 Å². The fourth-order valence-corrected chi connectivity index (χ4v) is 4.00. The average molecular weight is 321 g/mol. The molecule has 112 valence electrons. The molecule has 0 aliphatic carbocycles. The highest BCUT2D eigenvalue weighted by Gasteiger charge is 2.20. The number of rotatable bonds is 6. The van der Waals surface area contributed by atoms with Crippen LogP contribution in [0, 0.1) is 0 Å². The summed E-state index contributed by atoms with van der Waals surface area (Å²) in [5.41, 5.74) is -0.163. The lowest BCUT2D eigenvalue weighted by molar-refractivity contribution is 0.0696. The second-order valence-corrected chi connectivity index (χ2v) is 8.35. The lowest BCUT2D eigenvalue weighted by Crippen LogP contribution is -2.37. The second-order valence-electron chi connectivity index (χ2n) is 4.45. The van der Waals surface area contributed by atoms with Crippen LogP contribution in [0.1, 0.15) is 17.3 Å². The van der Waals surface area contributed by atoms with Crippen molar-refractivity contribution in [2.75, 3.05) is 12.0 Å². The number of nitrogens with one attached hydrogen (secondary N) is 1. The van der Waals surface area contributed by atoms with Gasteiger partial charge in [-0.15, -0.1) is 0 Å². The van der Waals surface area contributed by atoms with E-state index in [2.05, 4.69) is 4.72 Å². The molecule has 0 saturated carbocycles. The molecule has 1 atom stereocenters. The largest absolute Gasteiger partial charge is 0.478 e. The minimum Gasteiger partial charge on any atom is -0.478 e. The molecular formula is C11H15NO6S2. The van der Waals surface area contributed by atoms with Gasteiger partial charge in [0.25, 0.3) is 0 Å². The van der Waals surface area contributed by atoms with Crippen molar-refractivity contribution >= 4 is 25.8 Å². The molecule has 1 unspecified atom stereocenters. The van der Waals surface area contributed by atoms with Crippen LogP contribution in [0.5, 0.6) is 0 Å². The van der Waals surface area contributed by atoms with E-state index in [0.29, 0.717) is 0 Å². The normalized spacial score (nSPS) is 13.9. The summed E-state index contributed by atoms with van der Waals surface area (Å²) < 4.78 is 48.4. The van der Waals surface area contributed by atoms with Crippen molar-refractivity contribution in [3.63, 3.8) is 0 Å². The maximum absolute atomic E-state index is 12.0. The van der Waals surface area contributed by atoms with E-state index in [4.69, 9.17) is 5.11 Å². The highest BCUT2D eigenvalue weighted by atomic mass is 32.2. The number of sulfonamides is 1. The van der Waals surface area contributed by atoms with Crippen molar-refractivity contribution in [3.05, 3.63) is 29.8 Å². The molecule has 0 aromatic heterocycles. The van der Waals surface area contributed by atoms with Gasteiger partial charge in [0.1, 0.15) is 9.84 Å². The second kappa shape index (κ2) is 5.90. The zero-order valence-electron chi connectivity index (χ0n) is 10.9. The molecule has 20 heavy (non-hydrogen) atoms. The van der Waals surface area contributed by atoms with E-state index >= 15 is 0 Å². The van der Waals surface area contributed by atoms with Gasteiger partial charge in [-0.2, -0.15) is 0 Å². The molecule has 2 N–H and O–H groups in total. The first-order chi connectivity index (χ1) is 9.01. The number of carboxylic acid groups (broad SMARTS) is 1. The summed E-state index contributed by atoms with van der Waals surface area (Å²) in [6.07, 6.45) is 1.00. The van der Waals surface area contributed by atoms with Gasteiger partial charge in [-0.1, -0.05) is 6.07 Å². The first-order valence-electron chi connectivity index (χ1n) is 5.55. The van der Waals surface area contributed by atoms with Crippen LogP contribution in [0.15, 0.2) is 29.2 Å². The Morgan fingerprint density at radius 3 is 2.40 bits per heavy atom. The van der Waals surface area contributed by atoms with Crippen molar-refractivity contribution < 1.29 is 26.7 Å². The van der Waals surface area contributed by atoms with Gasteiger partial charge >= 0.3 is 5.97 Å². The number of hydrogen-bond donors (Lipinski definition) is 2. The van der Waals surface area contributed by atoms with E-state index in [9.17, 15) is 21.6 Å². The molecule has 0 amide bonds. The predicted octanol–water partition coefficient (Wildman–Crippen LogP) is 0.0962. The third-order valence-corrected chi connectivity index (χ3v) is 4.99. The van der Waals surface area contributed by atoms with E-state index in [1.54, 1.807) is 0 Å². The summed E-state index contributed by atoms with van der Waals surface area (Å²) in [6.45, 7) is 1.42. The summed E-state index contributed by atoms with van der Waals surface area (Å²) in [5.74, 6) is -1.59. The quantitative estimate of drug-likeness (QED) is 0.767. The van der Waals surface area contributed by atoms with Gasteiger partial charge in [0.05, 0.1) is 16.2 Å². The number of sulfone groups is 1. The minimum atomic E-state index is -3.97. The van der Waals surface area contributed by atoms with Gasteiger partial charge < -0.3 is 5.11 Å².